The fraction of sp³-hybridized carbons (Fsp3) is 0.188. The van der Waals surface area contributed by atoms with Gasteiger partial charge in [-0.15, -0.1) is 0 Å². The molecule has 0 atom stereocenters. The lowest BCUT2D eigenvalue weighted by Crippen LogP contribution is -2.13. The maximum Gasteiger partial charge on any atom is 0.255 e. The summed E-state index contributed by atoms with van der Waals surface area (Å²) in [5.41, 5.74) is 10.9. The summed E-state index contributed by atoms with van der Waals surface area (Å²) in [6, 6.07) is 11.4. The molecule has 3 nitrogen and oxygen atoms in total. The van der Waals surface area contributed by atoms with Crippen LogP contribution in [0.15, 0.2) is 36.4 Å². The van der Waals surface area contributed by atoms with Gasteiger partial charge >= 0.3 is 0 Å². The van der Waals surface area contributed by atoms with Crippen molar-refractivity contribution in [3.63, 3.8) is 0 Å². The standard InChI is InChI=1S/C16H18N2O/c1-10-4-5-14(17)15(9-10)18-16(19)13-7-11(2)6-12(3)8-13/h4-9H,17H2,1-3H3,(H,18,19). The molecule has 1 amide bonds. The van der Waals surface area contributed by atoms with E-state index in [1.165, 1.54) is 0 Å². The molecule has 19 heavy (non-hydrogen) atoms. The Bertz CT molecular complexity index is 612. The molecule has 0 unspecified atom stereocenters. The van der Waals surface area contributed by atoms with Gasteiger partial charge in [-0.1, -0.05) is 23.3 Å². The zero-order valence-corrected chi connectivity index (χ0v) is 11.4. The monoisotopic (exact) mass is 254 g/mol. The van der Waals surface area contributed by atoms with Gasteiger partial charge in [0.15, 0.2) is 0 Å². The van der Waals surface area contributed by atoms with E-state index in [0.717, 1.165) is 16.7 Å². The molecular formula is C16H18N2O. The molecule has 0 aliphatic carbocycles. The van der Waals surface area contributed by atoms with Gasteiger partial charge in [-0.05, 0) is 50.6 Å². The zero-order chi connectivity index (χ0) is 14.0. The summed E-state index contributed by atoms with van der Waals surface area (Å²) >= 11 is 0. The van der Waals surface area contributed by atoms with Crippen LogP contribution in [0.2, 0.25) is 0 Å². The number of amides is 1. The SMILES string of the molecule is Cc1cc(C)cc(C(=O)Nc2cc(C)ccc2N)c1. The third kappa shape index (κ3) is 3.13. The quantitative estimate of drug-likeness (QED) is 0.806. The van der Waals surface area contributed by atoms with E-state index in [0.29, 0.717) is 16.9 Å². The molecule has 3 N–H and O–H groups in total. The molecular weight excluding hydrogens is 236 g/mol. The minimum Gasteiger partial charge on any atom is -0.397 e. The number of nitrogen functional groups attached to an aromatic ring is 1. The zero-order valence-electron chi connectivity index (χ0n) is 11.4. The molecule has 0 spiro atoms. The van der Waals surface area contributed by atoms with Crippen LogP contribution in [0.5, 0.6) is 0 Å². The Hall–Kier alpha value is -2.29. The predicted octanol–water partition coefficient (Wildman–Crippen LogP) is 3.45. The van der Waals surface area contributed by atoms with Crippen molar-refractivity contribution in [1.29, 1.82) is 0 Å². The Morgan fingerprint density at radius 1 is 0.947 bits per heavy atom. The minimum absolute atomic E-state index is 0.135. The van der Waals surface area contributed by atoms with E-state index in [-0.39, 0.29) is 5.91 Å². The van der Waals surface area contributed by atoms with Crippen LogP contribution in [0.1, 0.15) is 27.0 Å². The average molecular weight is 254 g/mol. The lowest BCUT2D eigenvalue weighted by molar-refractivity contribution is 0.102. The third-order valence-electron chi connectivity index (χ3n) is 2.94. The van der Waals surface area contributed by atoms with Crippen molar-refractivity contribution in [2.75, 3.05) is 11.1 Å². The van der Waals surface area contributed by atoms with E-state index in [2.05, 4.69) is 5.32 Å². The molecule has 2 rings (SSSR count). The fourth-order valence-corrected chi connectivity index (χ4v) is 2.08. The summed E-state index contributed by atoms with van der Waals surface area (Å²) in [4.78, 5) is 12.2. The third-order valence-corrected chi connectivity index (χ3v) is 2.94. The van der Waals surface area contributed by atoms with E-state index in [4.69, 9.17) is 5.73 Å². The fourth-order valence-electron chi connectivity index (χ4n) is 2.08. The number of nitrogens with two attached hydrogens (primary N) is 1. The van der Waals surface area contributed by atoms with Crippen LogP contribution in [0.25, 0.3) is 0 Å². The van der Waals surface area contributed by atoms with Crippen LogP contribution in [0, 0.1) is 20.8 Å². The average Bonchev–Trinajstić information content (AvgIpc) is 2.32. The summed E-state index contributed by atoms with van der Waals surface area (Å²) in [6.07, 6.45) is 0. The lowest BCUT2D eigenvalue weighted by Gasteiger charge is -2.10. The van der Waals surface area contributed by atoms with Crippen LogP contribution in [-0.4, -0.2) is 5.91 Å². The van der Waals surface area contributed by atoms with Crippen molar-refractivity contribution in [3.8, 4) is 0 Å². The highest BCUT2D eigenvalue weighted by molar-refractivity contribution is 6.06. The Morgan fingerprint density at radius 3 is 2.21 bits per heavy atom. The molecule has 98 valence electrons. The van der Waals surface area contributed by atoms with E-state index >= 15 is 0 Å². The van der Waals surface area contributed by atoms with E-state index < -0.39 is 0 Å². The second-order valence-electron chi connectivity index (χ2n) is 4.92. The van der Waals surface area contributed by atoms with E-state index in [1.807, 2.05) is 51.1 Å². The maximum absolute atomic E-state index is 12.2. The predicted molar refractivity (Wildman–Crippen MR) is 79.5 cm³/mol. The normalized spacial score (nSPS) is 10.3. The Kier molecular flexibility index (Phi) is 3.56. The number of nitrogens with one attached hydrogen (secondary N) is 1. The second kappa shape index (κ2) is 5.14. The number of rotatable bonds is 2. The maximum atomic E-state index is 12.2. The van der Waals surface area contributed by atoms with Crippen LogP contribution < -0.4 is 11.1 Å². The summed E-state index contributed by atoms with van der Waals surface area (Å²) in [6.45, 7) is 5.92. The van der Waals surface area contributed by atoms with Crippen molar-refractivity contribution in [3.05, 3.63) is 58.7 Å². The molecule has 0 saturated heterocycles. The molecule has 0 radical (unpaired) electrons. The van der Waals surface area contributed by atoms with Gasteiger partial charge in [0.1, 0.15) is 0 Å². The van der Waals surface area contributed by atoms with Crippen LogP contribution >= 0.6 is 0 Å². The first-order valence-electron chi connectivity index (χ1n) is 6.21. The molecule has 0 fully saturated rings. The van der Waals surface area contributed by atoms with Crippen molar-refractivity contribution in [1.82, 2.24) is 0 Å². The molecule has 2 aromatic carbocycles. The molecule has 0 saturated carbocycles. The molecule has 3 heteroatoms. The first-order chi connectivity index (χ1) is 8.95. The van der Waals surface area contributed by atoms with Gasteiger partial charge in [-0.25, -0.2) is 0 Å². The lowest BCUT2D eigenvalue weighted by atomic mass is 10.1. The highest BCUT2D eigenvalue weighted by Gasteiger charge is 2.09. The molecule has 2 aromatic rings. The number of hydrogen-bond donors (Lipinski definition) is 2. The van der Waals surface area contributed by atoms with Crippen molar-refractivity contribution in [2.45, 2.75) is 20.8 Å². The molecule has 0 aliphatic heterocycles. The van der Waals surface area contributed by atoms with Crippen molar-refractivity contribution >= 4 is 17.3 Å². The van der Waals surface area contributed by atoms with Gasteiger partial charge in [0.05, 0.1) is 11.4 Å². The smallest absolute Gasteiger partial charge is 0.255 e. The number of anilines is 2. The minimum atomic E-state index is -0.135. The van der Waals surface area contributed by atoms with Gasteiger partial charge in [0, 0.05) is 5.56 Å². The Balaban J connectivity index is 2.28. The summed E-state index contributed by atoms with van der Waals surface area (Å²) in [7, 11) is 0. The van der Waals surface area contributed by atoms with Crippen LogP contribution in [0.3, 0.4) is 0 Å². The van der Waals surface area contributed by atoms with Crippen LogP contribution in [0.4, 0.5) is 11.4 Å². The topological polar surface area (TPSA) is 55.1 Å². The van der Waals surface area contributed by atoms with Crippen molar-refractivity contribution < 1.29 is 4.79 Å². The van der Waals surface area contributed by atoms with Crippen LogP contribution in [-0.2, 0) is 0 Å². The summed E-state index contributed by atoms with van der Waals surface area (Å²) in [5.74, 6) is -0.135. The van der Waals surface area contributed by atoms with Gasteiger partial charge in [-0.2, -0.15) is 0 Å². The molecule has 0 aromatic heterocycles. The van der Waals surface area contributed by atoms with Gasteiger partial charge in [0.2, 0.25) is 0 Å². The van der Waals surface area contributed by atoms with Gasteiger partial charge in [-0.3, -0.25) is 4.79 Å². The van der Waals surface area contributed by atoms with Gasteiger partial charge < -0.3 is 11.1 Å². The number of aryl methyl sites for hydroxylation is 3. The van der Waals surface area contributed by atoms with E-state index in [1.54, 1.807) is 6.07 Å². The Labute approximate surface area is 113 Å². The first-order valence-corrected chi connectivity index (χ1v) is 6.21. The largest absolute Gasteiger partial charge is 0.397 e. The molecule has 0 heterocycles. The molecule has 0 aliphatic rings. The number of carbonyl (C=O) groups is 1. The second-order valence-corrected chi connectivity index (χ2v) is 4.92. The number of carbonyl (C=O) groups excluding carboxylic acids is 1. The Morgan fingerprint density at radius 2 is 1.58 bits per heavy atom. The number of hydrogen-bond acceptors (Lipinski definition) is 2. The van der Waals surface area contributed by atoms with E-state index in [9.17, 15) is 4.79 Å². The highest BCUT2D eigenvalue weighted by atomic mass is 16.1. The summed E-state index contributed by atoms with van der Waals surface area (Å²) < 4.78 is 0. The highest BCUT2D eigenvalue weighted by Crippen LogP contribution is 2.20. The summed E-state index contributed by atoms with van der Waals surface area (Å²) in [5, 5.41) is 2.86. The molecule has 0 bridgehead atoms. The van der Waals surface area contributed by atoms with Gasteiger partial charge in [0.25, 0.3) is 5.91 Å². The van der Waals surface area contributed by atoms with Crippen molar-refractivity contribution in [2.24, 2.45) is 0 Å². The number of benzene rings is 2. The first kappa shape index (κ1) is 13.1.